The molecule has 3 N–H and O–H groups in total. The summed E-state index contributed by atoms with van der Waals surface area (Å²) in [6, 6.07) is 16.1. The Kier molecular flexibility index (Phi) is 4.97. The van der Waals surface area contributed by atoms with Gasteiger partial charge in [0.2, 0.25) is 0 Å². The number of aromatic nitrogens is 2. The predicted octanol–water partition coefficient (Wildman–Crippen LogP) is 3.92. The third kappa shape index (κ3) is 3.36. The monoisotopic (exact) mass is 421 g/mol. The maximum absolute atomic E-state index is 13.4. The van der Waals surface area contributed by atoms with E-state index in [0.29, 0.717) is 30.4 Å². The summed E-state index contributed by atoms with van der Waals surface area (Å²) in [6.45, 7) is 3.15. The molecule has 1 atom stereocenters. The quantitative estimate of drug-likeness (QED) is 0.670. The number of halogens is 1. The summed E-state index contributed by atoms with van der Waals surface area (Å²) in [6.07, 6.45) is 1.49. The van der Waals surface area contributed by atoms with Crippen LogP contribution in [-0.4, -0.2) is 33.7 Å². The Labute approximate surface area is 180 Å². The number of benzene rings is 2. The first kappa shape index (κ1) is 19.2. The number of hydrogen-bond donors (Lipinski definition) is 2. The van der Waals surface area contributed by atoms with Crippen LogP contribution >= 0.6 is 11.6 Å². The summed E-state index contributed by atoms with van der Waals surface area (Å²) in [4.78, 5) is 15.8. The fourth-order valence-corrected chi connectivity index (χ4v) is 4.78. The van der Waals surface area contributed by atoms with Gasteiger partial charge >= 0.3 is 0 Å². The lowest BCUT2D eigenvalue weighted by atomic mass is 9.90. The van der Waals surface area contributed by atoms with E-state index in [0.717, 1.165) is 42.0 Å². The van der Waals surface area contributed by atoms with E-state index < -0.39 is 0 Å². The van der Waals surface area contributed by atoms with Crippen molar-refractivity contribution >= 4 is 29.0 Å². The van der Waals surface area contributed by atoms with Gasteiger partial charge in [0.1, 0.15) is 5.82 Å². The van der Waals surface area contributed by atoms with E-state index in [4.69, 9.17) is 17.3 Å². The van der Waals surface area contributed by atoms with Crippen LogP contribution in [0.2, 0.25) is 5.02 Å². The second-order valence-electron chi connectivity index (χ2n) is 7.98. The van der Waals surface area contributed by atoms with E-state index in [1.165, 1.54) is 10.2 Å². The van der Waals surface area contributed by atoms with Crippen LogP contribution < -0.4 is 11.1 Å². The van der Waals surface area contributed by atoms with Gasteiger partial charge in [-0.05, 0) is 30.0 Å². The lowest BCUT2D eigenvalue weighted by molar-refractivity contribution is 0.0858. The molecular formula is C23H24ClN5O. The fourth-order valence-electron chi connectivity index (χ4n) is 4.53. The number of carbonyl (C=O) groups is 1. The first-order valence-electron chi connectivity index (χ1n) is 10.3. The molecule has 5 rings (SSSR count). The molecular weight excluding hydrogens is 398 g/mol. The van der Waals surface area contributed by atoms with Gasteiger partial charge in [0.05, 0.1) is 22.3 Å². The number of anilines is 2. The second-order valence-corrected chi connectivity index (χ2v) is 8.39. The molecule has 6 nitrogen and oxygen atoms in total. The highest BCUT2D eigenvalue weighted by atomic mass is 35.5. The van der Waals surface area contributed by atoms with Crippen LogP contribution in [0.1, 0.15) is 39.5 Å². The molecule has 154 valence electrons. The molecule has 2 aromatic carbocycles. The van der Waals surface area contributed by atoms with Crippen molar-refractivity contribution in [1.82, 2.24) is 14.7 Å². The smallest absolute Gasteiger partial charge is 0.256 e. The van der Waals surface area contributed by atoms with Gasteiger partial charge < -0.3 is 11.1 Å². The zero-order chi connectivity index (χ0) is 20.7. The fraction of sp³-hybridized carbons (Fsp3) is 0.304. The molecule has 0 amide bonds. The number of nitrogen functional groups attached to an aromatic ring is 1. The molecule has 2 aliphatic heterocycles. The Morgan fingerprint density at radius 3 is 2.87 bits per heavy atom. The molecule has 30 heavy (non-hydrogen) atoms. The normalized spacial score (nSPS) is 18.4. The van der Waals surface area contributed by atoms with E-state index in [2.05, 4.69) is 39.6 Å². The van der Waals surface area contributed by atoms with E-state index in [9.17, 15) is 4.79 Å². The number of fused-ring (bicyclic) bond motifs is 2. The highest BCUT2D eigenvalue weighted by Crippen LogP contribution is 2.38. The standard InChI is InChI=1S/C23H24ClN5O/c24-19-8-4-7-16-17(9-11-26-21(16)19)23(30)29-22(25)18-10-12-28(14-20(18)27-29)13-15-5-2-1-3-6-15/h1-8,17,26H,9-14,25H2. The maximum atomic E-state index is 13.4. The lowest BCUT2D eigenvalue weighted by Crippen LogP contribution is -2.30. The van der Waals surface area contributed by atoms with Crippen molar-refractivity contribution < 1.29 is 4.79 Å². The average molecular weight is 422 g/mol. The number of hydrogen-bond acceptors (Lipinski definition) is 5. The zero-order valence-electron chi connectivity index (χ0n) is 16.6. The van der Waals surface area contributed by atoms with Crippen molar-refractivity contribution in [3.05, 3.63) is 75.9 Å². The van der Waals surface area contributed by atoms with Crippen molar-refractivity contribution in [2.24, 2.45) is 0 Å². The summed E-state index contributed by atoms with van der Waals surface area (Å²) in [7, 11) is 0. The molecule has 7 heteroatoms. The van der Waals surface area contributed by atoms with Gasteiger partial charge in [0.25, 0.3) is 5.91 Å². The molecule has 0 saturated heterocycles. The Hall–Kier alpha value is -2.83. The van der Waals surface area contributed by atoms with E-state index in [1.807, 2.05) is 24.3 Å². The molecule has 0 aliphatic carbocycles. The summed E-state index contributed by atoms with van der Waals surface area (Å²) in [5.74, 6) is 0.0991. The van der Waals surface area contributed by atoms with Crippen LogP contribution in [-0.2, 0) is 19.5 Å². The first-order valence-corrected chi connectivity index (χ1v) is 10.7. The van der Waals surface area contributed by atoms with E-state index in [-0.39, 0.29) is 11.8 Å². The van der Waals surface area contributed by atoms with Gasteiger partial charge in [-0.1, -0.05) is 54.1 Å². The van der Waals surface area contributed by atoms with Crippen LogP contribution in [0.25, 0.3) is 0 Å². The van der Waals surface area contributed by atoms with Gasteiger partial charge in [-0.2, -0.15) is 9.78 Å². The summed E-state index contributed by atoms with van der Waals surface area (Å²) in [5, 5.41) is 8.60. The number of rotatable bonds is 3. The van der Waals surface area contributed by atoms with Crippen LogP contribution in [0.4, 0.5) is 11.5 Å². The summed E-state index contributed by atoms with van der Waals surface area (Å²) in [5.41, 5.74) is 11.3. The van der Waals surface area contributed by atoms with E-state index >= 15 is 0 Å². The SMILES string of the molecule is Nc1c2c(nn1C(=O)C1CCNc3c(Cl)cccc31)CN(Cc1ccccc1)CC2. The van der Waals surface area contributed by atoms with E-state index in [1.54, 1.807) is 0 Å². The number of nitrogens with one attached hydrogen (secondary N) is 1. The van der Waals surface area contributed by atoms with Gasteiger partial charge in [-0.3, -0.25) is 9.69 Å². The van der Waals surface area contributed by atoms with Crippen molar-refractivity contribution in [2.75, 3.05) is 24.1 Å². The predicted molar refractivity (Wildman–Crippen MR) is 119 cm³/mol. The molecule has 0 saturated carbocycles. The number of para-hydroxylation sites is 1. The van der Waals surface area contributed by atoms with Crippen molar-refractivity contribution in [3.8, 4) is 0 Å². The van der Waals surface area contributed by atoms with Crippen molar-refractivity contribution in [2.45, 2.75) is 31.8 Å². The third-order valence-electron chi connectivity index (χ3n) is 6.07. The molecule has 0 bridgehead atoms. The van der Waals surface area contributed by atoms with Crippen LogP contribution in [0.5, 0.6) is 0 Å². The molecule has 0 radical (unpaired) electrons. The topological polar surface area (TPSA) is 76.2 Å². The highest BCUT2D eigenvalue weighted by molar-refractivity contribution is 6.33. The lowest BCUT2D eigenvalue weighted by Gasteiger charge is -2.26. The highest BCUT2D eigenvalue weighted by Gasteiger charge is 2.32. The summed E-state index contributed by atoms with van der Waals surface area (Å²) >= 11 is 6.33. The molecule has 0 spiro atoms. The Morgan fingerprint density at radius 1 is 1.20 bits per heavy atom. The second kappa shape index (κ2) is 7.78. The first-order chi connectivity index (χ1) is 14.6. The van der Waals surface area contributed by atoms with Crippen LogP contribution in [0.15, 0.2) is 48.5 Å². The Morgan fingerprint density at radius 2 is 2.03 bits per heavy atom. The molecule has 1 aromatic heterocycles. The minimum Gasteiger partial charge on any atom is -0.384 e. The third-order valence-corrected chi connectivity index (χ3v) is 6.38. The molecule has 2 aliphatic rings. The minimum atomic E-state index is -0.302. The van der Waals surface area contributed by atoms with Gasteiger partial charge in [0.15, 0.2) is 0 Å². The number of nitrogens with zero attached hydrogens (tertiary/aromatic N) is 3. The van der Waals surface area contributed by atoms with Gasteiger partial charge in [-0.15, -0.1) is 0 Å². The number of carbonyl (C=O) groups excluding carboxylic acids is 1. The Bertz CT molecular complexity index is 1090. The zero-order valence-corrected chi connectivity index (χ0v) is 17.4. The molecule has 1 unspecified atom stereocenters. The van der Waals surface area contributed by atoms with Crippen molar-refractivity contribution in [3.63, 3.8) is 0 Å². The molecule has 0 fully saturated rings. The van der Waals surface area contributed by atoms with Gasteiger partial charge in [0, 0.05) is 31.7 Å². The Balaban J connectivity index is 1.40. The van der Waals surface area contributed by atoms with Gasteiger partial charge in [-0.25, -0.2) is 0 Å². The van der Waals surface area contributed by atoms with Crippen molar-refractivity contribution in [1.29, 1.82) is 0 Å². The molecule has 3 heterocycles. The van der Waals surface area contributed by atoms with Crippen LogP contribution in [0.3, 0.4) is 0 Å². The maximum Gasteiger partial charge on any atom is 0.256 e. The number of nitrogens with two attached hydrogens (primary N) is 1. The molecule has 3 aromatic rings. The summed E-state index contributed by atoms with van der Waals surface area (Å²) < 4.78 is 1.43. The van der Waals surface area contributed by atoms with Crippen LogP contribution in [0, 0.1) is 0 Å². The average Bonchev–Trinajstić information content (AvgIpc) is 3.10. The minimum absolute atomic E-state index is 0.0819. The largest absolute Gasteiger partial charge is 0.384 e.